The Kier molecular flexibility index (Phi) is 5.31. The molecule has 0 spiro atoms. The van der Waals surface area contributed by atoms with Crippen molar-refractivity contribution in [1.82, 2.24) is 5.32 Å². The lowest BCUT2D eigenvalue weighted by Crippen LogP contribution is -2.43. The molecule has 0 saturated heterocycles. The third kappa shape index (κ3) is 3.91. The number of ether oxygens (including phenoxy) is 1. The number of hydrogen-bond donors (Lipinski definition) is 1. The minimum atomic E-state index is -0.308. The van der Waals surface area contributed by atoms with Gasteiger partial charge in [-0.1, -0.05) is 39.5 Å². The Hall–Kier alpha value is -0.710. The molecular weight excluding hydrogens is 236 g/mol. The first-order chi connectivity index (χ1) is 7.95. The minimum Gasteiger partial charge on any atom is -0.467 e. The van der Waals surface area contributed by atoms with Crippen molar-refractivity contribution in [3.8, 4) is 0 Å². The number of nitrogens with zero attached hydrogens (tertiary/aromatic N) is 1. The summed E-state index contributed by atoms with van der Waals surface area (Å²) in [5.41, 5.74) is 0. The molecule has 0 aromatic rings. The van der Waals surface area contributed by atoms with Gasteiger partial charge >= 0.3 is 5.97 Å². The number of thioether (sulfide) groups is 1. The topological polar surface area (TPSA) is 50.7 Å². The fraction of sp³-hybridized carbons (Fsp3) is 0.833. The third-order valence-electron chi connectivity index (χ3n) is 2.82. The number of amidine groups is 1. The van der Waals surface area contributed by atoms with Crippen LogP contribution in [0.5, 0.6) is 0 Å². The average molecular weight is 258 g/mol. The molecule has 4 nitrogen and oxygen atoms in total. The fourth-order valence-corrected chi connectivity index (χ4v) is 2.63. The fourth-order valence-electron chi connectivity index (χ4n) is 1.58. The Morgan fingerprint density at radius 2 is 2.12 bits per heavy atom. The molecule has 0 fully saturated rings. The number of carbonyl (C=O) groups excluding carboxylic acids is 1. The lowest BCUT2D eigenvalue weighted by Gasteiger charge is -2.21. The van der Waals surface area contributed by atoms with Gasteiger partial charge in [0.2, 0.25) is 0 Å². The molecule has 2 unspecified atom stereocenters. The molecule has 0 bridgehead atoms. The predicted octanol–water partition coefficient (Wildman–Crippen LogP) is 1.90. The second-order valence-electron chi connectivity index (χ2n) is 4.94. The average Bonchev–Trinajstić information content (AvgIpc) is 2.73. The van der Waals surface area contributed by atoms with E-state index in [-0.39, 0.29) is 17.9 Å². The summed E-state index contributed by atoms with van der Waals surface area (Å²) >= 11 is 1.72. The molecule has 0 amide bonds. The standard InChI is InChI=1S/C12H22N2O2S/c1-7(2)9-6-13-12(17-9)14-10(8(3)4)11(15)16-5/h7-10H,6H2,1-5H3,(H,13,14). The maximum atomic E-state index is 11.6. The van der Waals surface area contributed by atoms with E-state index in [4.69, 9.17) is 4.74 Å². The summed E-state index contributed by atoms with van der Waals surface area (Å²) in [5, 5.41) is 4.57. The predicted molar refractivity (Wildman–Crippen MR) is 72.3 cm³/mol. The quantitative estimate of drug-likeness (QED) is 0.783. The van der Waals surface area contributed by atoms with Gasteiger partial charge in [-0.15, -0.1) is 0 Å². The molecule has 0 aromatic heterocycles. The summed E-state index contributed by atoms with van der Waals surface area (Å²) in [5.74, 6) is 0.554. The normalized spacial score (nSPS) is 21.6. The summed E-state index contributed by atoms with van der Waals surface area (Å²) in [6.45, 7) is 9.20. The highest BCUT2D eigenvalue weighted by atomic mass is 32.2. The molecule has 0 saturated carbocycles. The van der Waals surface area contributed by atoms with Crippen LogP contribution in [0.1, 0.15) is 27.7 Å². The maximum absolute atomic E-state index is 11.6. The zero-order valence-electron chi connectivity index (χ0n) is 11.2. The van der Waals surface area contributed by atoms with Crippen molar-refractivity contribution in [3.63, 3.8) is 0 Å². The van der Waals surface area contributed by atoms with Gasteiger partial charge in [-0.3, -0.25) is 4.99 Å². The van der Waals surface area contributed by atoms with Crippen LogP contribution >= 0.6 is 11.8 Å². The largest absolute Gasteiger partial charge is 0.467 e. The zero-order valence-corrected chi connectivity index (χ0v) is 12.0. The van der Waals surface area contributed by atoms with E-state index in [0.717, 1.165) is 11.7 Å². The molecular formula is C12H22N2O2S. The SMILES string of the molecule is COC(=O)C(NC1=NCC(C(C)C)S1)C(C)C. The van der Waals surface area contributed by atoms with Crippen LogP contribution in [-0.2, 0) is 9.53 Å². The van der Waals surface area contributed by atoms with Crippen LogP contribution in [0.4, 0.5) is 0 Å². The van der Waals surface area contributed by atoms with Gasteiger partial charge in [0.25, 0.3) is 0 Å². The number of rotatable bonds is 4. The van der Waals surface area contributed by atoms with Crippen LogP contribution in [-0.4, -0.2) is 36.1 Å². The van der Waals surface area contributed by atoms with Crippen molar-refractivity contribution < 1.29 is 9.53 Å². The van der Waals surface area contributed by atoms with E-state index in [1.54, 1.807) is 11.8 Å². The van der Waals surface area contributed by atoms with E-state index in [9.17, 15) is 4.79 Å². The minimum absolute atomic E-state index is 0.184. The number of esters is 1. The lowest BCUT2D eigenvalue weighted by molar-refractivity contribution is -0.143. The van der Waals surface area contributed by atoms with Gasteiger partial charge in [0, 0.05) is 5.25 Å². The molecule has 0 aliphatic carbocycles. The Morgan fingerprint density at radius 1 is 1.47 bits per heavy atom. The van der Waals surface area contributed by atoms with E-state index in [1.165, 1.54) is 7.11 Å². The smallest absolute Gasteiger partial charge is 0.328 e. The Balaban J connectivity index is 2.55. The molecule has 17 heavy (non-hydrogen) atoms. The number of carbonyl (C=O) groups is 1. The Labute approximate surface area is 108 Å². The van der Waals surface area contributed by atoms with Crippen molar-refractivity contribution >= 4 is 22.9 Å². The summed E-state index contributed by atoms with van der Waals surface area (Å²) in [6.07, 6.45) is 0. The Bertz CT molecular complexity index is 303. The van der Waals surface area contributed by atoms with Crippen LogP contribution in [0.2, 0.25) is 0 Å². The molecule has 0 radical (unpaired) electrons. The van der Waals surface area contributed by atoms with E-state index < -0.39 is 0 Å². The molecule has 1 aliphatic rings. The molecule has 98 valence electrons. The molecule has 1 N–H and O–H groups in total. The van der Waals surface area contributed by atoms with Gasteiger partial charge in [-0.05, 0) is 11.8 Å². The van der Waals surface area contributed by atoms with E-state index in [2.05, 4.69) is 24.2 Å². The van der Waals surface area contributed by atoms with Crippen molar-refractivity contribution in [2.75, 3.05) is 13.7 Å². The second kappa shape index (κ2) is 6.28. The monoisotopic (exact) mass is 258 g/mol. The van der Waals surface area contributed by atoms with Gasteiger partial charge in [0.1, 0.15) is 6.04 Å². The first-order valence-corrected chi connectivity index (χ1v) is 6.89. The van der Waals surface area contributed by atoms with Gasteiger partial charge in [-0.25, -0.2) is 4.79 Å². The zero-order chi connectivity index (χ0) is 13.0. The first-order valence-electron chi connectivity index (χ1n) is 6.01. The summed E-state index contributed by atoms with van der Waals surface area (Å²) in [7, 11) is 1.42. The van der Waals surface area contributed by atoms with E-state index in [0.29, 0.717) is 11.2 Å². The molecule has 2 atom stereocenters. The van der Waals surface area contributed by atoms with Crippen LogP contribution in [0.15, 0.2) is 4.99 Å². The van der Waals surface area contributed by atoms with Crippen LogP contribution in [0, 0.1) is 11.8 Å². The second-order valence-corrected chi connectivity index (χ2v) is 6.16. The number of hydrogen-bond acceptors (Lipinski definition) is 5. The van der Waals surface area contributed by atoms with Crippen molar-refractivity contribution in [2.24, 2.45) is 16.8 Å². The van der Waals surface area contributed by atoms with E-state index in [1.807, 2.05) is 13.8 Å². The molecule has 0 aromatic carbocycles. The molecule has 1 aliphatic heterocycles. The summed E-state index contributed by atoms with van der Waals surface area (Å²) < 4.78 is 4.79. The lowest BCUT2D eigenvalue weighted by atomic mass is 10.1. The van der Waals surface area contributed by atoms with E-state index >= 15 is 0 Å². The molecule has 1 heterocycles. The van der Waals surface area contributed by atoms with Crippen molar-refractivity contribution in [2.45, 2.75) is 39.0 Å². The number of nitrogens with one attached hydrogen (secondary N) is 1. The van der Waals surface area contributed by atoms with Gasteiger partial charge in [0.05, 0.1) is 13.7 Å². The molecule has 5 heteroatoms. The number of aliphatic imine (C=N–C) groups is 1. The summed E-state index contributed by atoms with van der Waals surface area (Å²) in [6, 6.07) is -0.308. The highest BCUT2D eigenvalue weighted by Crippen LogP contribution is 2.26. The first kappa shape index (κ1) is 14.4. The van der Waals surface area contributed by atoms with Gasteiger partial charge in [-0.2, -0.15) is 0 Å². The van der Waals surface area contributed by atoms with Crippen molar-refractivity contribution in [3.05, 3.63) is 0 Å². The van der Waals surface area contributed by atoms with Crippen LogP contribution < -0.4 is 5.32 Å². The van der Waals surface area contributed by atoms with Crippen LogP contribution in [0.25, 0.3) is 0 Å². The Morgan fingerprint density at radius 3 is 2.53 bits per heavy atom. The van der Waals surface area contributed by atoms with Crippen molar-refractivity contribution in [1.29, 1.82) is 0 Å². The van der Waals surface area contributed by atoms with Gasteiger partial charge in [0.15, 0.2) is 5.17 Å². The van der Waals surface area contributed by atoms with Gasteiger partial charge < -0.3 is 10.1 Å². The maximum Gasteiger partial charge on any atom is 0.328 e. The summed E-state index contributed by atoms with van der Waals surface area (Å²) in [4.78, 5) is 16.0. The van der Waals surface area contributed by atoms with Crippen LogP contribution in [0.3, 0.4) is 0 Å². The highest BCUT2D eigenvalue weighted by molar-refractivity contribution is 8.14. The molecule has 1 rings (SSSR count). The highest BCUT2D eigenvalue weighted by Gasteiger charge is 2.28. The number of methoxy groups -OCH3 is 1. The third-order valence-corrected chi connectivity index (χ3v) is 4.29.